The van der Waals surface area contributed by atoms with Crippen LogP contribution in [0.15, 0.2) is 65.7 Å². The summed E-state index contributed by atoms with van der Waals surface area (Å²) in [6, 6.07) is 11.1. The first-order valence-corrected chi connectivity index (χ1v) is 17.3. The van der Waals surface area contributed by atoms with E-state index in [2.05, 4.69) is 4.98 Å². The molecule has 1 aromatic heterocycles. The number of halogens is 4. The smallest absolute Gasteiger partial charge is 0.322 e. The molecule has 1 unspecified atom stereocenters. The number of carbonyl (C=O) groups is 1. The highest BCUT2D eigenvalue weighted by molar-refractivity contribution is 7.89. The molecule has 9 nitrogen and oxygen atoms in total. The lowest BCUT2D eigenvalue weighted by atomic mass is 9.81. The fourth-order valence-corrected chi connectivity index (χ4v) is 7.24. The van der Waals surface area contributed by atoms with E-state index in [-0.39, 0.29) is 24.8 Å². The highest BCUT2D eigenvalue weighted by Gasteiger charge is 2.34. The van der Waals surface area contributed by atoms with E-state index in [4.69, 9.17) is 16.3 Å². The summed E-state index contributed by atoms with van der Waals surface area (Å²) in [4.78, 5) is 17.7. The van der Waals surface area contributed by atoms with Gasteiger partial charge in [0.15, 0.2) is 0 Å². The predicted octanol–water partition coefficient (Wildman–Crippen LogP) is 6.48. The molecule has 0 saturated heterocycles. The monoisotopic (exact) mass is 720 g/mol. The second kappa shape index (κ2) is 15.3. The third-order valence-electron chi connectivity index (χ3n) is 8.63. The molecular weight excluding hydrogens is 681 g/mol. The van der Waals surface area contributed by atoms with Crippen LogP contribution >= 0.6 is 11.6 Å². The largest absolute Gasteiger partial charge is 0.495 e. The van der Waals surface area contributed by atoms with Crippen molar-refractivity contribution in [3.05, 3.63) is 106 Å². The molecule has 0 radical (unpaired) electrons. The third kappa shape index (κ3) is 8.29. The Morgan fingerprint density at radius 3 is 2.22 bits per heavy atom. The van der Waals surface area contributed by atoms with Crippen LogP contribution in [0.5, 0.6) is 5.75 Å². The summed E-state index contributed by atoms with van der Waals surface area (Å²) in [7, 11) is 1.64. The molecule has 0 aliphatic heterocycles. The maximum absolute atomic E-state index is 15.5. The molecule has 0 spiro atoms. The number of nitrogens with zero attached hydrogens (tertiary/aromatic N) is 4. The highest BCUT2D eigenvalue weighted by Crippen LogP contribution is 2.38. The number of benzene rings is 3. The van der Waals surface area contributed by atoms with E-state index in [9.17, 15) is 22.7 Å². The molecule has 3 aromatic carbocycles. The lowest BCUT2D eigenvalue weighted by molar-refractivity contribution is -0.141. The van der Waals surface area contributed by atoms with E-state index in [1.165, 1.54) is 19.2 Å². The number of ether oxygens (including phenoxy) is 1. The van der Waals surface area contributed by atoms with Crippen molar-refractivity contribution in [1.82, 2.24) is 18.8 Å². The number of aliphatic carboxylic acids is 1. The minimum Gasteiger partial charge on any atom is -0.495 e. The first-order chi connectivity index (χ1) is 23.0. The molecule has 0 fully saturated rings. The number of carboxylic acid groups (broad SMARTS) is 1. The van der Waals surface area contributed by atoms with Gasteiger partial charge in [-0.1, -0.05) is 31.5 Å². The number of likely N-dealkylation sites (N-methyl/N-ethyl adjacent to an activating group) is 1. The molecule has 4 aromatic rings. The van der Waals surface area contributed by atoms with Crippen molar-refractivity contribution < 1.29 is 36.2 Å². The number of hydrogen-bond donors (Lipinski definition) is 1. The second-order valence-corrected chi connectivity index (χ2v) is 14.9. The Balaban J connectivity index is 1.67. The van der Waals surface area contributed by atoms with Gasteiger partial charge in [-0.25, -0.2) is 26.6 Å². The standard InChI is InChI=1S/C35H40ClF3N4O5S/c1-35(2,22-9-15-27(36)31(18-22)48-6)32-21-40-33(43(32)24-12-10-23(37)11-13-24)16-14-26-28(38)19-25(20-29(26)39)49(46,47)42(5)30(34(44)45)8-7-17-41(3)4/h9-13,15,18-21,30H,7-8,14,16-17H2,1-6H3,(H,44,45). The first-order valence-electron chi connectivity index (χ1n) is 15.5. The molecule has 1 heterocycles. The van der Waals surface area contributed by atoms with Crippen LogP contribution < -0.4 is 4.74 Å². The topological polar surface area (TPSA) is 105 Å². The van der Waals surface area contributed by atoms with Gasteiger partial charge in [0.25, 0.3) is 0 Å². The van der Waals surface area contributed by atoms with E-state index in [0.717, 1.165) is 12.6 Å². The Morgan fingerprint density at radius 2 is 1.65 bits per heavy atom. The average molecular weight is 721 g/mol. The van der Waals surface area contributed by atoms with Gasteiger partial charge in [-0.3, -0.25) is 9.36 Å². The fourth-order valence-electron chi connectivity index (χ4n) is 5.68. The van der Waals surface area contributed by atoms with Crippen LogP contribution in [-0.2, 0) is 33.1 Å². The zero-order valence-corrected chi connectivity index (χ0v) is 29.7. The van der Waals surface area contributed by atoms with Crippen LogP contribution in [0, 0.1) is 17.5 Å². The summed E-state index contributed by atoms with van der Waals surface area (Å²) in [5, 5.41) is 10.2. The molecule has 0 aliphatic carbocycles. The van der Waals surface area contributed by atoms with Crippen molar-refractivity contribution in [2.24, 2.45) is 0 Å². The lowest BCUT2D eigenvalue weighted by Gasteiger charge is -2.28. The minimum atomic E-state index is -4.56. The Labute approximate surface area is 290 Å². The van der Waals surface area contributed by atoms with Crippen molar-refractivity contribution in [3.8, 4) is 11.4 Å². The molecule has 0 amide bonds. The van der Waals surface area contributed by atoms with E-state index >= 15 is 8.78 Å². The van der Waals surface area contributed by atoms with Crippen molar-refractivity contribution in [2.45, 2.75) is 55.9 Å². The molecule has 4 rings (SSSR count). The normalized spacial score (nSPS) is 12.9. The van der Waals surface area contributed by atoms with Crippen LogP contribution in [0.3, 0.4) is 0 Å². The van der Waals surface area contributed by atoms with Crippen LogP contribution in [-0.4, -0.2) is 79.1 Å². The Bertz CT molecular complexity index is 1890. The van der Waals surface area contributed by atoms with Gasteiger partial charge >= 0.3 is 5.97 Å². The van der Waals surface area contributed by atoms with Crippen molar-refractivity contribution >= 4 is 27.6 Å². The number of aryl methyl sites for hydroxylation is 1. The molecule has 0 bridgehead atoms. The quantitative estimate of drug-likeness (QED) is 0.150. The molecule has 1 N–H and O–H groups in total. The van der Waals surface area contributed by atoms with Gasteiger partial charge < -0.3 is 14.7 Å². The predicted molar refractivity (Wildman–Crippen MR) is 182 cm³/mol. The van der Waals surface area contributed by atoms with Gasteiger partial charge in [-0.2, -0.15) is 4.31 Å². The van der Waals surface area contributed by atoms with Crippen LogP contribution in [0.4, 0.5) is 13.2 Å². The van der Waals surface area contributed by atoms with E-state index in [1.807, 2.05) is 30.9 Å². The highest BCUT2D eigenvalue weighted by atomic mass is 35.5. The van der Waals surface area contributed by atoms with Crippen LogP contribution in [0.2, 0.25) is 5.02 Å². The lowest BCUT2D eigenvalue weighted by Crippen LogP contribution is -2.42. The van der Waals surface area contributed by atoms with Gasteiger partial charge in [0.05, 0.1) is 22.7 Å². The third-order valence-corrected chi connectivity index (χ3v) is 10.8. The van der Waals surface area contributed by atoms with Crippen molar-refractivity contribution in [1.29, 1.82) is 0 Å². The summed E-state index contributed by atoms with van der Waals surface area (Å²) in [5.41, 5.74) is 1.05. The van der Waals surface area contributed by atoms with Crippen molar-refractivity contribution in [2.75, 3.05) is 34.8 Å². The Morgan fingerprint density at radius 1 is 1.02 bits per heavy atom. The minimum absolute atomic E-state index is 0.0113. The summed E-state index contributed by atoms with van der Waals surface area (Å²) >= 11 is 6.27. The van der Waals surface area contributed by atoms with Gasteiger partial charge in [-0.05, 0) is 94.0 Å². The average Bonchev–Trinajstić information content (AvgIpc) is 3.47. The number of hydrogen-bond acceptors (Lipinski definition) is 6. The maximum atomic E-state index is 15.5. The SMILES string of the molecule is COc1cc(C(C)(C)c2cnc(CCc3c(F)cc(S(=O)(=O)N(C)C(CCCN(C)C)C(=O)O)cc3F)n2-c2ccc(F)cc2)ccc1Cl. The summed E-state index contributed by atoms with van der Waals surface area (Å²) in [5.74, 6) is -3.10. The number of methoxy groups -OCH3 is 1. The molecule has 14 heteroatoms. The summed E-state index contributed by atoms with van der Waals surface area (Å²) < 4.78 is 79.5. The molecule has 264 valence electrons. The van der Waals surface area contributed by atoms with Gasteiger partial charge in [0, 0.05) is 36.3 Å². The zero-order chi connectivity index (χ0) is 36.3. The number of aromatic nitrogens is 2. The molecule has 1 atom stereocenters. The summed E-state index contributed by atoms with van der Waals surface area (Å²) in [6.45, 7) is 4.45. The molecule has 0 saturated carbocycles. The Hall–Kier alpha value is -3.91. The fraction of sp³-hybridized carbons (Fsp3) is 0.371. The number of rotatable bonds is 15. The zero-order valence-electron chi connectivity index (χ0n) is 28.2. The second-order valence-electron chi connectivity index (χ2n) is 12.5. The molecule has 49 heavy (non-hydrogen) atoms. The number of sulfonamides is 1. The number of carboxylic acids is 1. The van der Waals surface area contributed by atoms with Crippen LogP contribution in [0.25, 0.3) is 5.69 Å². The van der Waals surface area contributed by atoms with E-state index in [1.54, 1.807) is 43.1 Å². The maximum Gasteiger partial charge on any atom is 0.322 e. The number of imidazole rings is 1. The van der Waals surface area contributed by atoms with Gasteiger partial charge in [0.2, 0.25) is 10.0 Å². The first kappa shape index (κ1) is 37.9. The Kier molecular flexibility index (Phi) is 11.9. The molecular formula is C35H40ClF3N4O5S. The summed E-state index contributed by atoms with van der Waals surface area (Å²) in [6.07, 6.45) is 1.89. The van der Waals surface area contributed by atoms with Gasteiger partial charge in [-0.15, -0.1) is 0 Å². The van der Waals surface area contributed by atoms with Crippen molar-refractivity contribution in [3.63, 3.8) is 0 Å². The van der Waals surface area contributed by atoms with Crippen LogP contribution in [0.1, 0.15) is 49.3 Å². The van der Waals surface area contributed by atoms with Gasteiger partial charge in [0.1, 0.15) is 35.1 Å². The molecule has 0 aliphatic rings. The van der Waals surface area contributed by atoms with E-state index < -0.39 is 49.8 Å². The van der Waals surface area contributed by atoms with E-state index in [0.29, 0.717) is 57.4 Å².